The molecule has 0 aromatic carbocycles. The normalized spacial score (nSPS) is 18.1. The van der Waals surface area contributed by atoms with Gasteiger partial charge in [-0.05, 0) is 36.2 Å². The molecule has 218 valence electrons. The Morgan fingerprint density at radius 1 is 1.10 bits per heavy atom. The lowest BCUT2D eigenvalue weighted by molar-refractivity contribution is -0.123. The van der Waals surface area contributed by atoms with Gasteiger partial charge in [0.15, 0.2) is 11.4 Å². The molecule has 3 aliphatic rings. The molecule has 6 heterocycles. The predicted octanol–water partition coefficient (Wildman–Crippen LogP) is 0.948. The van der Waals surface area contributed by atoms with E-state index >= 15 is 0 Å². The summed E-state index contributed by atoms with van der Waals surface area (Å²) < 4.78 is 1.56. The average Bonchev–Trinajstić information content (AvgIpc) is 3.76. The number of hydrogen-bond donors (Lipinski definition) is 4. The van der Waals surface area contributed by atoms with Crippen LogP contribution in [0.3, 0.4) is 0 Å². The molecule has 16 heteroatoms. The topological polar surface area (TPSA) is 218 Å². The minimum atomic E-state index is -0.759. The molecule has 6 rings (SSSR count). The highest BCUT2D eigenvalue weighted by atomic mass is 16.7. The first-order valence-electron chi connectivity index (χ1n) is 12.6. The van der Waals surface area contributed by atoms with Crippen molar-refractivity contribution in [2.75, 3.05) is 23.7 Å². The van der Waals surface area contributed by atoms with Crippen molar-refractivity contribution >= 4 is 47.9 Å². The summed E-state index contributed by atoms with van der Waals surface area (Å²) in [7, 11) is 0. The second-order valence-corrected chi connectivity index (χ2v) is 9.21. The van der Waals surface area contributed by atoms with Gasteiger partial charge in [-0.2, -0.15) is 5.10 Å². The van der Waals surface area contributed by atoms with Crippen molar-refractivity contribution in [1.82, 2.24) is 24.6 Å². The maximum Gasteiger partial charge on any atom is 0.290 e. The second-order valence-electron chi connectivity index (χ2n) is 9.21. The van der Waals surface area contributed by atoms with Crippen molar-refractivity contribution in [2.24, 2.45) is 5.16 Å². The Morgan fingerprint density at radius 3 is 2.62 bits per heavy atom. The molecule has 0 aliphatic carbocycles. The largest absolute Gasteiger partial charge is 0.483 e. The van der Waals surface area contributed by atoms with Gasteiger partial charge in [0.1, 0.15) is 17.2 Å². The molecular weight excluding hydrogens is 552 g/mol. The van der Waals surface area contributed by atoms with E-state index in [1.807, 2.05) is 6.07 Å². The molecule has 4 N–H and O–H groups in total. The number of aromatic nitrogens is 4. The van der Waals surface area contributed by atoms with Crippen LogP contribution in [0.2, 0.25) is 0 Å². The predicted molar refractivity (Wildman–Crippen MR) is 145 cm³/mol. The highest BCUT2D eigenvalue weighted by Gasteiger charge is 2.48. The first-order valence-corrected chi connectivity index (χ1v) is 12.6. The number of oxime groups is 1. The zero-order valence-corrected chi connectivity index (χ0v) is 22.0. The monoisotopic (exact) mass is 578 g/mol. The summed E-state index contributed by atoms with van der Waals surface area (Å²) in [6.07, 6.45) is 6.80. The second kappa shape index (κ2) is 13.1. The number of nitrogens with one attached hydrogen (secondary N) is 2. The van der Waals surface area contributed by atoms with Gasteiger partial charge in [-0.15, -0.1) is 0 Å². The fourth-order valence-corrected chi connectivity index (χ4v) is 4.67. The third-order valence-corrected chi connectivity index (χ3v) is 6.54. The standard InChI is InChI=1S/C24H22N8O4.2CH2O2/c33-19-7-5-15-4-6-17(27-20(15)29-19)23(35)31-12-8-24(14-31)13-18(30-36-24)22(34)28-16-3-1-9-25-21(16)32-11-2-10-26-32;2*2-1-3/h1-4,6,9-11H,5,7-8,12-14H2,(H,28,34)(H,27,29,33);2*1H,(H,2,3). The first-order chi connectivity index (χ1) is 20.3. The molecule has 3 aliphatic heterocycles. The molecule has 3 amide bonds. The molecule has 1 saturated heterocycles. The molecule has 0 radical (unpaired) electrons. The van der Waals surface area contributed by atoms with Crippen molar-refractivity contribution in [2.45, 2.75) is 31.3 Å². The van der Waals surface area contributed by atoms with Gasteiger partial charge in [-0.25, -0.2) is 14.6 Å². The van der Waals surface area contributed by atoms with Crippen LogP contribution in [0.25, 0.3) is 5.82 Å². The van der Waals surface area contributed by atoms with E-state index in [1.165, 1.54) is 0 Å². The summed E-state index contributed by atoms with van der Waals surface area (Å²) in [4.78, 5) is 70.6. The number of anilines is 2. The fraction of sp³-hybridized carbons (Fsp3) is 0.269. The molecule has 16 nitrogen and oxygen atoms in total. The Balaban J connectivity index is 0.000000624. The smallest absolute Gasteiger partial charge is 0.290 e. The summed E-state index contributed by atoms with van der Waals surface area (Å²) >= 11 is 0. The number of aryl methyl sites for hydroxylation is 1. The van der Waals surface area contributed by atoms with Crippen LogP contribution in [0, 0.1) is 0 Å². The number of fused-ring (bicyclic) bond motifs is 1. The summed E-state index contributed by atoms with van der Waals surface area (Å²) in [5, 5.41) is 27.6. The quantitative estimate of drug-likeness (QED) is 0.319. The Hall–Kier alpha value is -5.67. The van der Waals surface area contributed by atoms with Crippen LogP contribution >= 0.6 is 0 Å². The van der Waals surface area contributed by atoms with Gasteiger partial charge >= 0.3 is 0 Å². The number of carbonyl (C=O) groups excluding carboxylic acids is 3. The van der Waals surface area contributed by atoms with Gasteiger partial charge in [-0.1, -0.05) is 11.2 Å². The van der Waals surface area contributed by atoms with Crippen LogP contribution in [0.15, 0.2) is 54.1 Å². The summed E-state index contributed by atoms with van der Waals surface area (Å²) in [5.41, 5.74) is 1.15. The summed E-state index contributed by atoms with van der Waals surface area (Å²) in [6, 6.07) is 8.73. The molecule has 1 spiro atoms. The Bertz CT molecular complexity index is 1500. The SMILES string of the molecule is O=C1CCc2ccc(C(=O)N3CCC4(CC(C(=O)Nc5cccnc5-n5cccn5)=NO4)C3)nc2N1.O=CO.O=CO. The van der Waals surface area contributed by atoms with Gasteiger partial charge in [0, 0.05) is 44.4 Å². The number of hydrogen-bond acceptors (Lipinski definition) is 10. The molecule has 1 unspecified atom stereocenters. The first kappa shape index (κ1) is 29.3. The van der Waals surface area contributed by atoms with Crippen LogP contribution in [-0.2, 0) is 30.4 Å². The lowest BCUT2D eigenvalue weighted by Crippen LogP contribution is -2.37. The number of carboxylic acid groups (broad SMARTS) is 2. The van der Waals surface area contributed by atoms with E-state index < -0.39 is 11.5 Å². The van der Waals surface area contributed by atoms with Crippen molar-refractivity contribution in [3.63, 3.8) is 0 Å². The van der Waals surface area contributed by atoms with Crippen molar-refractivity contribution in [3.05, 3.63) is 60.2 Å². The molecule has 3 aromatic heterocycles. The molecule has 0 bridgehead atoms. The zero-order chi connectivity index (χ0) is 30.1. The van der Waals surface area contributed by atoms with Crippen LogP contribution in [0.4, 0.5) is 11.5 Å². The molecule has 0 saturated carbocycles. The van der Waals surface area contributed by atoms with E-state index in [2.05, 4.69) is 30.9 Å². The van der Waals surface area contributed by atoms with E-state index in [0.717, 1.165) is 5.56 Å². The highest BCUT2D eigenvalue weighted by Crippen LogP contribution is 2.35. The average molecular weight is 579 g/mol. The maximum absolute atomic E-state index is 13.1. The van der Waals surface area contributed by atoms with Gasteiger partial charge in [0.25, 0.3) is 24.8 Å². The van der Waals surface area contributed by atoms with Crippen LogP contribution < -0.4 is 10.6 Å². The van der Waals surface area contributed by atoms with Gasteiger partial charge in [0.05, 0.1) is 12.2 Å². The zero-order valence-electron chi connectivity index (χ0n) is 22.0. The minimum Gasteiger partial charge on any atom is -0.483 e. The summed E-state index contributed by atoms with van der Waals surface area (Å²) in [5.74, 6) is 0.164. The number of rotatable bonds is 4. The minimum absolute atomic E-state index is 0.106. The lowest BCUT2D eigenvalue weighted by Gasteiger charge is -2.22. The fourth-order valence-electron chi connectivity index (χ4n) is 4.67. The van der Waals surface area contributed by atoms with E-state index in [1.54, 1.807) is 52.4 Å². The number of nitrogens with zero attached hydrogens (tertiary/aromatic N) is 6. The van der Waals surface area contributed by atoms with Crippen molar-refractivity contribution in [1.29, 1.82) is 0 Å². The van der Waals surface area contributed by atoms with Gasteiger partial charge in [0.2, 0.25) is 5.91 Å². The van der Waals surface area contributed by atoms with Crippen molar-refractivity contribution in [3.8, 4) is 5.82 Å². The van der Waals surface area contributed by atoms with Crippen LogP contribution in [0.1, 0.15) is 35.3 Å². The maximum atomic E-state index is 13.1. The van der Waals surface area contributed by atoms with E-state index in [4.69, 9.17) is 24.6 Å². The summed E-state index contributed by atoms with van der Waals surface area (Å²) in [6.45, 7) is 0.225. The highest BCUT2D eigenvalue weighted by molar-refractivity contribution is 6.43. The third kappa shape index (κ3) is 6.55. The lowest BCUT2D eigenvalue weighted by atomic mass is 9.96. The Morgan fingerprint density at radius 2 is 1.88 bits per heavy atom. The van der Waals surface area contributed by atoms with E-state index in [0.29, 0.717) is 43.1 Å². The molecule has 1 atom stereocenters. The molecule has 1 fully saturated rings. The van der Waals surface area contributed by atoms with Crippen LogP contribution in [-0.4, -0.2) is 89.9 Å². The Labute approximate surface area is 238 Å². The molecule has 42 heavy (non-hydrogen) atoms. The van der Waals surface area contributed by atoms with Gasteiger partial charge < -0.3 is 30.6 Å². The third-order valence-electron chi connectivity index (χ3n) is 6.54. The number of likely N-dealkylation sites (tertiary alicyclic amines) is 1. The molecule has 3 aromatic rings. The number of amides is 3. The van der Waals surface area contributed by atoms with E-state index in [9.17, 15) is 14.4 Å². The van der Waals surface area contributed by atoms with Gasteiger partial charge in [-0.3, -0.25) is 24.0 Å². The number of pyridine rings is 2. The molecular formula is C26H26N8O8. The van der Waals surface area contributed by atoms with Crippen molar-refractivity contribution < 1.29 is 39.0 Å². The van der Waals surface area contributed by atoms with Crippen LogP contribution in [0.5, 0.6) is 0 Å². The van der Waals surface area contributed by atoms with E-state index in [-0.39, 0.29) is 49.1 Å². The number of carbonyl (C=O) groups is 5. The Kier molecular flexibility index (Phi) is 9.16.